The van der Waals surface area contributed by atoms with E-state index in [4.69, 9.17) is 0 Å². The van der Waals surface area contributed by atoms with Gasteiger partial charge in [0.05, 0.1) is 17.4 Å². The van der Waals surface area contributed by atoms with Crippen molar-refractivity contribution in [1.82, 2.24) is 5.32 Å². The smallest absolute Gasteiger partial charge is 0.255 e. The summed E-state index contributed by atoms with van der Waals surface area (Å²) in [4.78, 5) is 38.8. The van der Waals surface area contributed by atoms with Gasteiger partial charge in [-0.1, -0.05) is 50.5 Å². The van der Waals surface area contributed by atoms with E-state index in [0.717, 1.165) is 36.3 Å². The summed E-state index contributed by atoms with van der Waals surface area (Å²) < 4.78 is 0. The second kappa shape index (κ2) is 11.3. The summed E-state index contributed by atoms with van der Waals surface area (Å²) in [5.41, 5.74) is 1.42. The predicted octanol–water partition coefficient (Wildman–Crippen LogP) is 4.94. The zero-order valence-corrected chi connectivity index (χ0v) is 20.1. The van der Waals surface area contributed by atoms with Crippen molar-refractivity contribution in [2.75, 3.05) is 10.3 Å². The van der Waals surface area contributed by atoms with Crippen molar-refractivity contribution >= 4 is 46.7 Å². The number of rotatable bonds is 7. The van der Waals surface area contributed by atoms with E-state index in [-0.39, 0.29) is 35.3 Å². The number of nitrogens with one attached hydrogen (secondary N) is 2. The molecule has 34 heavy (non-hydrogen) atoms. The van der Waals surface area contributed by atoms with E-state index in [0.29, 0.717) is 17.9 Å². The summed E-state index contributed by atoms with van der Waals surface area (Å²) >= 11 is 1.44. The SMILES string of the molecule is CCC(Sc1cccc(NC(=O)C2CCCCC2)c1)C(=O)NC1=NN(c2ccccc2)C(=O)C1. The molecule has 8 heteroatoms. The Kier molecular flexibility index (Phi) is 8.00. The maximum Gasteiger partial charge on any atom is 0.255 e. The van der Waals surface area contributed by atoms with Gasteiger partial charge in [-0.05, 0) is 49.6 Å². The molecule has 1 unspecified atom stereocenters. The number of hydrazone groups is 1. The number of amidine groups is 1. The highest BCUT2D eigenvalue weighted by molar-refractivity contribution is 8.00. The monoisotopic (exact) mass is 478 g/mol. The highest BCUT2D eigenvalue weighted by atomic mass is 32.2. The Morgan fingerprint density at radius 1 is 1.06 bits per heavy atom. The van der Waals surface area contributed by atoms with E-state index in [1.807, 2.05) is 49.4 Å². The molecule has 0 radical (unpaired) electrons. The van der Waals surface area contributed by atoms with Crippen LogP contribution in [0.25, 0.3) is 0 Å². The molecule has 1 aliphatic heterocycles. The zero-order valence-electron chi connectivity index (χ0n) is 19.3. The summed E-state index contributed by atoms with van der Waals surface area (Å²) in [6.07, 6.45) is 6.01. The van der Waals surface area contributed by atoms with Crippen LogP contribution in [0.5, 0.6) is 0 Å². The lowest BCUT2D eigenvalue weighted by Crippen LogP contribution is -2.36. The van der Waals surface area contributed by atoms with E-state index >= 15 is 0 Å². The molecule has 1 heterocycles. The van der Waals surface area contributed by atoms with Crippen LogP contribution < -0.4 is 15.6 Å². The van der Waals surface area contributed by atoms with E-state index in [9.17, 15) is 14.4 Å². The molecule has 178 valence electrons. The first-order valence-corrected chi connectivity index (χ1v) is 12.8. The van der Waals surface area contributed by atoms with Crippen molar-refractivity contribution in [2.24, 2.45) is 11.0 Å². The number of benzene rings is 2. The molecule has 0 bridgehead atoms. The maximum absolute atomic E-state index is 12.9. The molecule has 7 nitrogen and oxygen atoms in total. The van der Waals surface area contributed by atoms with Gasteiger partial charge in [0.1, 0.15) is 5.84 Å². The molecule has 1 aliphatic carbocycles. The molecule has 0 spiro atoms. The third kappa shape index (κ3) is 6.05. The summed E-state index contributed by atoms with van der Waals surface area (Å²) in [5.74, 6) is 0.156. The van der Waals surface area contributed by atoms with Crippen LogP contribution in [-0.4, -0.2) is 28.8 Å². The van der Waals surface area contributed by atoms with Crippen molar-refractivity contribution in [3.05, 3.63) is 54.6 Å². The fourth-order valence-corrected chi connectivity index (χ4v) is 5.25. The largest absolute Gasteiger partial charge is 0.326 e. The number of amides is 3. The highest BCUT2D eigenvalue weighted by Gasteiger charge is 2.28. The Morgan fingerprint density at radius 3 is 2.56 bits per heavy atom. The number of anilines is 2. The van der Waals surface area contributed by atoms with Crippen LogP contribution in [-0.2, 0) is 14.4 Å². The molecule has 1 fully saturated rings. The van der Waals surface area contributed by atoms with Gasteiger partial charge < -0.3 is 10.6 Å². The van der Waals surface area contributed by atoms with Crippen molar-refractivity contribution < 1.29 is 14.4 Å². The Morgan fingerprint density at radius 2 is 1.82 bits per heavy atom. The Labute approximate surface area is 204 Å². The first-order valence-electron chi connectivity index (χ1n) is 11.9. The Hall–Kier alpha value is -3.13. The maximum atomic E-state index is 12.9. The summed E-state index contributed by atoms with van der Waals surface area (Å²) in [5, 5.41) is 11.1. The minimum absolute atomic E-state index is 0.0599. The van der Waals surface area contributed by atoms with Crippen molar-refractivity contribution in [2.45, 2.75) is 62.0 Å². The molecule has 0 saturated heterocycles. The molecular weight excluding hydrogens is 448 g/mol. The molecule has 1 saturated carbocycles. The van der Waals surface area contributed by atoms with E-state index in [1.54, 1.807) is 12.1 Å². The molecular formula is C26H30N4O3S. The lowest BCUT2D eigenvalue weighted by atomic mass is 9.88. The van der Waals surface area contributed by atoms with Crippen LogP contribution in [0, 0.1) is 5.92 Å². The highest BCUT2D eigenvalue weighted by Crippen LogP contribution is 2.29. The third-order valence-corrected chi connectivity index (χ3v) is 7.42. The average molecular weight is 479 g/mol. The lowest BCUT2D eigenvalue weighted by molar-refractivity contribution is -0.121. The van der Waals surface area contributed by atoms with E-state index in [1.165, 1.54) is 23.2 Å². The summed E-state index contributed by atoms with van der Waals surface area (Å²) in [6.45, 7) is 1.95. The van der Waals surface area contributed by atoms with Gasteiger partial charge in [-0.3, -0.25) is 14.4 Å². The van der Waals surface area contributed by atoms with Crippen LogP contribution in [0.4, 0.5) is 11.4 Å². The summed E-state index contributed by atoms with van der Waals surface area (Å²) in [6, 6.07) is 16.8. The fourth-order valence-electron chi connectivity index (χ4n) is 4.24. The van der Waals surface area contributed by atoms with Crippen LogP contribution >= 0.6 is 11.8 Å². The first kappa shape index (κ1) is 24.0. The molecule has 2 aromatic carbocycles. The normalized spacial score (nSPS) is 17.3. The predicted molar refractivity (Wildman–Crippen MR) is 136 cm³/mol. The van der Waals surface area contributed by atoms with Crippen LogP contribution in [0.15, 0.2) is 64.6 Å². The number of hydrogen-bond donors (Lipinski definition) is 2. The quantitative estimate of drug-likeness (QED) is 0.552. The fraction of sp³-hybridized carbons (Fsp3) is 0.385. The molecule has 3 amide bonds. The average Bonchev–Trinajstić information content (AvgIpc) is 3.23. The number of para-hydroxylation sites is 1. The van der Waals surface area contributed by atoms with Crippen molar-refractivity contribution in [3.8, 4) is 0 Å². The topological polar surface area (TPSA) is 90.9 Å². The van der Waals surface area contributed by atoms with Gasteiger partial charge >= 0.3 is 0 Å². The minimum Gasteiger partial charge on any atom is -0.326 e. The molecule has 2 aliphatic rings. The van der Waals surface area contributed by atoms with Crippen molar-refractivity contribution in [3.63, 3.8) is 0 Å². The number of carbonyl (C=O) groups excluding carboxylic acids is 3. The lowest BCUT2D eigenvalue weighted by Gasteiger charge is -2.21. The number of nitrogens with zero attached hydrogens (tertiary/aromatic N) is 2. The van der Waals surface area contributed by atoms with Gasteiger partial charge in [0.15, 0.2) is 0 Å². The van der Waals surface area contributed by atoms with Crippen molar-refractivity contribution in [1.29, 1.82) is 0 Å². The third-order valence-electron chi connectivity index (χ3n) is 6.06. The summed E-state index contributed by atoms with van der Waals surface area (Å²) in [7, 11) is 0. The Bertz CT molecular complexity index is 1070. The standard InChI is InChI=1S/C26H30N4O3S/c1-2-22(26(33)28-23-17-24(31)30(29-23)20-13-7-4-8-14-20)34-21-15-9-12-19(16-21)27-25(32)18-10-5-3-6-11-18/h4,7-9,12-16,18,22H,2-3,5-6,10-11,17H2,1H3,(H,27,32)(H,28,29,33). The number of thioether (sulfide) groups is 1. The molecule has 2 N–H and O–H groups in total. The van der Waals surface area contributed by atoms with Crippen LogP contribution in [0.2, 0.25) is 0 Å². The van der Waals surface area contributed by atoms with Gasteiger partial charge in [0.25, 0.3) is 5.91 Å². The Balaban J connectivity index is 1.36. The van der Waals surface area contributed by atoms with Gasteiger partial charge in [-0.25, -0.2) is 0 Å². The van der Waals surface area contributed by atoms with Gasteiger partial charge in [0.2, 0.25) is 11.8 Å². The second-order valence-electron chi connectivity index (χ2n) is 8.62. The van der Waals surface area contributed by atoms with Crippen LogP contribution in [0.1, 0.15) is 51.9 Å². The van der Waals surface area contributed by atoms with Gasteiger partial charge in [-0.2, -0.15) is 10.1 Å². The molecule has 4 rings (SSSR count). The zero-order chi connectivity index (χ0) is 23.9. The minimum atomic E-state index is -0.354. The van der Waals surface area contributed by atoms with Gasteiger partial charge in [0, 0.05) is 16.5 Å². The number of carbonyl (C=O) groups is 3. The molecule has 0 aromatic heterocycles. The van der Waals surface area contributed by atoms with E-state index in [2.05, 4.69) is 15.7 Å². The van der Waals surface area contributed by atoms with Crippen LogP contribution in [0.3, 0.4) is 0 Å². The molecule has 1 atom stereocenters. The van der Waals surface area contributed by atoms with E-state index < -0.39 is 0 Å². The first-order chi connectivity index (χ1) is 16.5. The molecule has 2 aromatic rings. The van der Waals surface area contributed by atoms with Gasteiger partial charge in [-0.15, -0.1) is 11.8 Å². The second-order valence-corrected chi connectivity index (χ2v) is 9.90. The number of hydrogen-bond acceptors (Lipinski definition) is 5.